The van der Waals surface area contributed by atoms with Gasteiger partial charge in [0, 0.05) is 13.0 Å². The van der Waals surface area contributed by atoms with Crippen molar-refractivity contribution in [2.75, 3.05) is 20.2 Å². The van der Waals surface area contributed by atoms with Gasteiger partial charge in [-0.3, -0.25) is 14.9 Å². The summed E-state index contributed by atoms with van der Waals surface area (Å²) in [7, 11) is 1.35. The van der Waals surface area contributed by atoms with Gasteiger partial charge in [0.25, 0.3) is 0 Å². The molecule has 24 heavy (non-hydrogen) atoms. The first-order chi connectivity index (χ1) is 11.7. The van der Waals surface area contributed by atoms with E-state index in [0.29, 0.717) is 19.4 Å². The Kier molecular flexibility index (Phi) is 7.04. The number of carbonyl (C=O) groups is 2. The second kappa shape index (κ2) is 9.52. The molecule has 0 unspecified atom stereocenters. The smallest absolute Gasteiger partial charge is 0.305 e. The highest BCUT2D eigenvalue weighted by Gasteiger charge is 2.17. The highest BCUT2D eigenvalue weighted by molar-refractivity contribution is 5.78. The maximum atomic E-state index is 11.9. The van der Waals surface area contributed by atoms with Crippen molar-refractivity contribution in [3.8, 4) is 0 Å². The summed E-state index contributed by atoms with van der Waals surface area (Å²) in [5.74, 6) is 0.344. The fourth-order valence-electron chi connectivity index (χ4n) is 2.30. The number of carbonyl (C=O) groups excluding carboxylic acids is 2. The van der Waals surface area contributed by atoms with E-state index in [1.165, 1.54) is 7.11 Å². The fourth-order valence-corrected chi connectivity index (χ4v) is 2.30. The average molecular weight is 330 g/mol. The minimum absolute atomic E-state index is 0.132. The molecule has 0 aliphatic carbocycles. The molecule has 1 amide bonds. The summed E-state index contributed by atoms with van der Waals surface area (Å²) in [6, 6.07) is 13.3. The van der Waals surface area contributed by atoms with Crippen LogP contribution >= 0.6 is 0 Å². The van der Waals surface area contributed by atoms with Crippen LogP contribution in [0.15, 0.2) is 53.1 Å². The molecule has 0 bridgehead atoms. The Labute approximate surface area is 141 Å². The van der Waals surface area contributed by atoms with Crippen LogP contribution in [0.4, 0.5) is 0 Å². The molecule has 0 radical (unpaired) electrons. The summed E-state index contributed by atoms with van der Waals surface area (Å²) in [6.45, 7) is 0.588. The van der Waals surface area contributed by atoms with Crippen LogP contribution < -0.4 is 10.6 Å². The van der Waals surface area contributed by atoms with Crippen LogP contribution in [0.25, 0.3) is 0 Å². The first-order valence-electron chi connectivity index (χ1n) is 7.86. The second-order valence-electron chi connectivity index (χ2n) is 5.27. The molecule has 2 rings (SSSR count). The van der Waals surface area contributed by atoms with E-state index < -0.39 is 0 Å². The molecular weight excluding hydrogens is 308 g/mol. The Morgan fingerprint density at radius 3 is 2.62 bits per heavy atom. The van der Waals surface area contributed by atoms with E-state index >= 15 is 0 Å². The molecule has 6 nitrogen and oxygen atoms in total. The monoisotopic (exact) mass is 330 g/mol. The Morgan fingerprint density at radius 1 is 1.17 bits per heavy atom. The van der Waals surface area contributed by atoms with Crippen molar-refractivity contribution in [1.82, 2.24) is 10.6 Å². The number of nitrogens with one attached hydrogen (secondary N) is 2. The number of esters is 1. The van der Waals surface area contributed by atoms with E-state index in [9.17, 15) is 9.59 Å². The van der Waals surface area contributed by atoms with Gasteiger partial charge in [0.15, 0.2) is 0 Å². The summed E-state index contributed by atoms with van der Waals surface area (Å²) < 4.78 is 10.0. The number of hydrogen-bond acceptors (Lipinski definition) is 5. The van der Waals surface area contributed by atoms with Crippen LogP contribution in [0.3, 0.4) is 0 Å². The predicted molar refractivity (Wildman–Crippen MR) is 89.3 cm³/mol. The van der Waals surface area contributed by atoms with Crippen LogP contribution in [-0.4, -0.2) is 32.1 Å². The maximum absolute atomic E-state index is 11.9. The van der Waals surface area contributed by atoms with Crippen LogP contribution in [0.5, 0.6) is 0 Å². The molecule has 0 aliphatic heterocycles. The number of ether oxygens (including phenoxy) is 1. The molecule has 1 aromatic carbocycles. The van der Waals surface area contributed by atoms with Crippen molar-refractivity contribution in [2.45, 2.75) is 18.9 Å². The van der Waals surface area contributed by atoms with Crippen LogP contribution in [-0.2, 0) is 14.3 Å². The molecular formula is C18H22N2O4. The second-order valence-corrected chi connectivity index (χ2v) is 5.27. The molecule has 1 heterocycles. The van der Waals surface area contributed by atoms with Gasteiger partial charge in [-0.25, -0.2) is 0 Å². The third-order valence-corrected chi connectivity index (χ3v) is 3.53. The SMILES string of the molecule is COC(=O)CCCNC(=O)CN[C@@H](c1ccccc1)c1ccco1. The first-order valence-corrected chi connectivity index (χ1v) is 7.86. The largest absolute Gasteiger partial charge is 0.469 e. The van der Waals surface area contributed by atoms with Gasteiger partial charge in [-0.1, -0.05) is 30.3 Å². The van der Waals surface area contributed by atoms with Gasteiger partial charge in [0.2, 0.25) is 5.91 Å². The van der Waals surface area contributed by atoms with Gasteiger partial charge in [0.05, 0.1) is 26.0 Å². The lowest BCUT2D eigenvalue weighted by molar-refractivity contribution is -0.140. The van der Waals surface area contributed by atoms with Gasteiger partial charge < -0.3 is 14.5 Å². The number of rotatable bonds is 9. The van der Waals surface area contributed by atoms with E-state index in [1.807, 2.05) is 42.5 Å². The molecule has 0 aliphatic rings. The van der Waals surface area contributed by atoms with Crippen molar-refractivity contribution in [2.24, 2.45) is 0 Å². The zero-order chi connectivity index (χ0) is 17.2. The van der Waals surface area contributed by atoms with Crippen LogP contribution in [0, 0.1) is 0 Å². The normalized spacial score (nSPS) is 11.7. The Bertz CT molecular complexity index is 626. The van der Waals surface area contributed by atoms with Gasteiger partial charge in [0.1, 0.15) is 5.76 Å². The van der Waals surface area contributed by atoms with Gasteiger partial charge in [-0.2, -0.15) is 0 Å². The van der Waals surface area contributed by atoms with E-state index in [2.05, 4.69) is 15.4 Å². The van der Waals surface area contributed by atoms with E-state index in [-0.39, 0.29) is 24.5 Å². The van der Waals surface area contributed by atoms with Crippen molar-refractivity contribution in [3.05, 3.63) is 60.1 Å². The summed E-state index contributed by atoms with van der Waals surface area (Å²) in [4.78, 5) is 22.9. The Balaban J connectivity index is 1.83. The van der Waals surface area contributed by atoms with Crippen molar-refractivity contribution in [3.63, 3.8) is 0 Å². The Hall–Kier alpha value is -2.60. The lowest BCUT2D eigenvalue weighted by Crippen LogP contribution is -2.36. The molecule has 2 N–H and O–H groups in total. The van der Waals surface area contributed by atoms with Crippen molar-refractivity contribution >= 4 is 11.9 Å². The number of furan rings is 1. The zero-order valence-corrected chi connectivity index (χ0v) is 13.7. The topological polar surface area (TPSA) is 80.6 Å². The molecule has 6 heteroatoms. The summed E-state index contributed by atoms with van der Waals surface area (Å²) >= 11 is 0. The summed E-state index contributed by atoms with van der Waals surface area (Å²) in [6.07, 6.45) is 2.46. The molecule has 0 saturated carbocycles. The highest BCUT2D eigenvalue weighted by Crippen LogP contribution is 2.21. The zero-order valence-electron chi connectivity index (χ0n) is 13.7. The molecule has 1 atom stereocenters. The van der Waals surface area contributed by atoms with Gasteiger partial charge in [-0.05, 0) is 24.1 Å². The fraction of sp³-hybridized carbons (Fsp3) is 0.333. The van der Waals surface area contributed by atoms with Crippen LogP contribution in [0.2, 0.25) is 0 Å². The number of amides is 1. The van der Waals surface area contributed by atoms with Gasteiger partial charge in [-0.15, -0.1) is 0 Å². The molecule has 2 aromatic rings. The van der Waals surface area contributed by atoms with Crippen molar-refractivity contribution in [1.29, 1.82) is 0 Å². The number of hydrogen-bond donors (Lipinski definition) is 2. The predicted octanol–water partition coefficient (Wildman–Crippen LogP) is 2.03. The molecule has 1 aromatic heterocycles. The lowest BCUT2D eigenvalue weighted by Gasteiger charge is -2.17. The third kappa shape index (κ3) is 5.55. The van der Waals surface area contributed by atoms with Crippen molar-refractivity contribution < 1.29 is 18.7 Å². The van der Waals surface area contributed by atoms with Gasteiger partial charge >= 0.3 is 5.97 Å². The molecule has 128 valence electrons. The minimum atomic E-state index is -0.274. The summed E-state index contributed by atoms with van der Waals surface area (Å²) in [5.41, 5.74) is 1.02. The summed E-state index contributed by atoms with van der Waals surface area (Å²) in [5, 5.41) is 5.98. The number of methoxy groups -OCH3 is 1. The molecule has 0 spiro atoms. The maximum Gasteiger partial charge on any atom is 0.305 e. The third-order valence-electron chi connectivity index (χ3n) is 3.53. The quantitative estimate of drug-likeness (QED) is 0.543. The van der Waals surface area contributed by atoms with E-state index in [1.54, 1.807) is 6.26 Å². The van der Waals surface area contributed by atoms with E-state index in [4.69, 9.17) is 4.42 Å². The minimum Gasteiger partial charge on any atom is -0.469 e. The standard InChI is InChI=1S/C18H22N2O4/c1-23-17(22)10-5-11-19-16(21)13-20-18(15-9-6-12-24-15)14-7-3-2-4-8-14/h2-4,6-9,12,18,20H,5,10-11,13H2,1H3,(H,19,21)/t18-/m0/s1. The first kappa shape index (κ1) is 17.7. The highest BCUT2D eigenvalue weighted by atomic mass is 16.5. The molecule has 0 saturated heterocycles. The average Bonchev–Trinajstić information content (AvgIpc) is 3.14. The van der Waals surface area contributed by atoms with E-state index in [0.717, 1.165) is 11.3 Å². The lowest BCUT2D eigenvalue weighted by atomic mass is 10.0. The molecule has 0 fully saturated rings. The van der Waals surface area contributed by atoms with Crippen LogP contribution in [0.1, 0.15) is 30.2 Å². The Morgan fingerprint density at radius 2 is 1.96 bits per heavy atom. The number of benzene rings is 1.